The standard InChI is InChI=1S/C13H15Br2FO2S/c14-7-11(9-3-4-19(17,18)8-9)5-10-6-12(15)1-2-13(10)16/h1-2,6,9,11H,3-5,7-8H2. The summed E-state index contributed by atoms with van der Waals surface area (Å²) < 4.78 is 37.7. The van der Waals surface area contributed by atoms with Crippen molar-refractivity contribution in [2.24, 2.45) is 11.8 Å². The van der Waals surface area contributed by atoms with Gasteiger partial charge in [0.05, 0.1) is 11.5 Å². The van der Waals surface area contributed by atoms with Crippen LogP contribution in [0.1, 0.15) is 12.0 Å². The third-order valence-electron chi connectivity index (χ3n) is 3.62. The smallest absolute Gasteiger partial charge is 0.150 e. The predicted octanol–water partition coefficient (Wildman–Crippen LogP) is 3.58. The van der Waals surface area contributed by atoms with E-state index in [9.17, 15) is 12.8 Å². The van der Waals surface area contributed by atoms with Gasteiger partial charge in [-0.1, -0.05) is 31.9 Å². The highest BCUT2D eigenvalue weighted by molar-refractivity contribution is 9.10. The van der Waals surface area contributed by atoms with Gasteiger partial charge in [-0.25, -0.2) is 12.8 Å². The Bertz CT molecular complexity index is 560. The van der Waals surface area contributed by atoms with Crippen LogP contribution in [0.5, 0.6) is 0 Å². The molecule has 19 heavy (non-hydrogen) atoms. The van der Waals surface area contributed by atoms with Crippen LogP contribution >= 0.6 is 31.9 Å². The Labute approximate surface area is 130 Å². The first-order chi connectivity index (χ1) is 8.91. The summed E-state index contributed by atoms with van der Waals surface area (Å²) in [6.45, 7) is 0. The largest absolute Gasteiger partial charge is 0.229 e. The lowest BCUT2D eigenvalue weighted by Gasteiger charge is -2.20. The van der Waals surface area contributed by atoms with E-state index in [0.717, 1.165) is 4.47 Å². The van der Waals surface area contributed by atoms with Crippen molar-refractivity contribution in [3.8, 4) is 0 Å². The number of benzene rings is 1. The van der Waals surface area contributed by atoms with Crippen LogP contribution < -0.4 is 0 Å². The van der Waals surface area contributed by atoms with Crippen LogP contribution in [0.3, 0.4) is 0 Å². The molecule has 1 fully saturated rings. The van der Waals surface area contributed by atoms with Crippen LogP contribution in [0.4, 0.5) is 4.39 Å². The molecule has 106 valence electrons. The molecule has 6 heteroatoms. The molecule has 0 aliphatic carbocycles. The van der Waals surface area contributed by atoms with Gasteiger partial charge in [0.15, 0.2) is 9.84 Å². The molecule has 1 aromatic carbocycles. The van der Waals surface area contributed by atoms with Crippen molar-refractivity contribution in [1.82, 2.24) is 0 Å². The zero-order valence-electron chi connectivity index (χ0n) is 10.3. The van der Waals surface area contributed by atoms with Gasteiger partial charge in [-0.2, -0.15) is 0 Å². The number of sulfone groups is 1. The maximum absolute atomic E-state index is 13.8. The molecule has 1 saturated heterocycles. The van der Waals surface area contributed by atoms with Gasteiger partial charge in [-0.05, 0) is 48.4 Å². The molecule has 0 bridgehead atoms. The van der Waals surface area contributed by atoms with Gasteiger partial charge >= 0.3 is 0 Å². The van der Waals surface area contributed by atoms with E-state index in [1.54, 1.807) is 12.1 Å². The van der Waals surface area contributed by atoms with E-state index >= 15 is 0 Å². The molecular formula is C13H15Br2FO2S. The molecule has 0 radical (unpaired) electrons. The summed E-state index contributed by atoms with van der Waals surface area (Å²) in [7, 11) is -2.88. The van der Waals surface area contributed by atoms with E-state index in [0.29, 0.717) is 23.7 Å². The molecular weight excluding hydrogens is 399 g/mol. The fraction of sp³-hybridized carbons (Fsp3) is 0.538. The van der Waals surface area contributed by atoms with Gasteiger partial charge in [0.25, 0.3) is 0 Å². The highest BCUT2D eigenvalue weighted by atomic mass is 79.9. The lowest BCUT2D eigenvalue weighted by molar-refractivity contribution is 0.396. The fourth-order valence-corrected chi connectivity index (χ4v) is 5.61. The van der Waals surface area contributed by atoms with Crippen LogP contribution in [0.15, 0.2) is 22.7 Å². The number of halogens is 3. The molecule has 2 unspecified atom stereocenters. The summed E-state index contributed by atoms with van der Waals surface area (Å²) in [5, 5.41) is 0.694. The molecule has 1 aliphatic heterocycles. The summed E-state index contributed by atoms with van der Waals surface area (Å²) in [6.07, 6.45) is 1.25. The van der Waals surface area contributed by atoms with E-state index in [4.69, 9.17) is 0 Å². The molecule has 0 spiro atoms. The Kier molecular flexibility index (Phi) is 5.06. The lowest BCUT2D eigenvalue weighted by Crippen LogP contribution is -2.20. The zero-order valence-corrected chi connectivity index (χ0v) is 14.3. The van der Waals surface area contributed by atoms with E-state index in [1.165, 1.54) is 6.07 Å². The third-order valence-corrected chi connectivity index (χ3v) is 6.74. The van der Waals surface area contributed by atoms with Gasteiger partial charge in [0.2, 0.25) is 0 Å². The van der Waals surface area contributed by atoms with Gasteiger partial charge in [-0.15, -0.1) is 0 Å². The SMILES string of the molecule is O=S1(=O)CCC(C(CBr)Cc2cc(Br)ccc2F)C1. The highest BCUT2D eigenvalue weighted by Crippen LogP contribution is 2.31. The second kappa shape index (κ2) is 6.22. The normalized spacial score (nSPS) is 23.4. The van der Waals surface area contributed by atoms with E-state index in [-0.39, 0.29) is 29.2 Å². The summed E-state index contributed by atoms with van der Waals surface area (Å²) in [4.78, 5) is 0. The van der Waals surface area contributed by atoms with E-state index in [1.807, 2.05) is 0 Å². The van der Waals surface area contributed by atoms with Crippen LogP contribution in [0, 0.1) is 17.7 Å². The van der Waals surface area contributed by atoms with Crippen molar-refractivity contribution in [1.29, 1.82) is 0 Å². The van der Waals surface area contributed by atoms with Crippen LogP contribution in [0.25, 0.3) is 0 Å². The van der Waals surface area contributed by atoms with Gasteiger partial charge in [-0.3, -0.25) is 0 Å². The predicted molar refractivity (Wildman–Crippen MR) is 81.8 cm³/mol. The Morgan fingerprint density at radius 2 is 2.16 bits per heavy atom. The van der Waals surface area contributed by atoms with Crippen molar-refractivity contribution in [2.75, 3.05) is 16.8 Å². The second-order valence-electron chi connectivity index (χ2n) is 5.02. The molecule has 1 aromatic rings. The molecule has 1 heterocycles. The average Bonchev–Trinajstić information content (AvgIpc) is 2.70. The first kappa shape index (κ1) is 15.4. The second-order valence-corrected chi connectivity index (χ2v) is 8.81. The fourth-order valence-electron chi connectivity index (χ4n) is 2.52. The molecule has 2 nitrogen and oxygen atoms in total. The minimum absolute atomic E-state index is 0.128. The van der Waals surface area contributed by atoms with Crippen molar-refractivity contribution in [3.63, 3.8) is 0 Å². The molecule has 0 amide bonds. The molecule has 0 N–H and O–H groups in total. The van der Waals surface area contributed by atoms with Crippen molar-refractivity contribution in [2.45, 2.75) is 12.8 Å². The Morgan fingerprint density at radius 1 is 1.42 bits per heavy atom. The topological polar surface area (TPSA) is 34.1 Å². The quantitative estimate of drug-likeness (QED) is 0.707. The number of alkyl halides is 1. The zero-order chi connectivity index (χ0) is 14.0. The van der Waals surface area contributed by atoms with Crippen molar-refractivity contribution >= 4 is 41.7 Å². The van der Waals surface area contributed by atoms with Crippen LogP contribution in [0.2, 0.25) is 0 Å². The first-order valence-electron chi connectivity index (χ1n) is 6.11. The Morgan fingerprint density at radius 3 is 2.74 bits per heavy atom. The molecule has 1 aliphatic rings. The molecule has 0 aromatic heterocycles. The summed E-state index contributed by atoms with van der Waals surface area (Å²) in [6, 6.07) is 4.88. The van der Waals surface area contributed by atoms with Gasteiger partial charge in [0.1, 0.15) is 5.82 Å². The maximum atomic E-state index is 13.8. The molecule has 2 atom stereocenters. The summed E-state index contributed by atoms with van der Waals surface area (Å²) in [5.74, 6) is 0.555. The monoisotopic (exact) mass is 412 g/mol. The van der Waals surface area contributed by atoms with Crippen molar-refractivity contribution in [3.05, 3.63) is 34.1 Å². The number of rotatable bonds is 4. The minimum atomic E-state index is -2.88. The molecule has 2 rings (SSSR count). The van der Waals surface area contributed by atoms with E-state index < -0.39 is 9.84 Å². The Hall–Kier alpha value is 0.0600. The lowest BCUT2D eigenvalue weighted by atomic mass is 9.88. The summed E-state index contributed by atoms with van der Waals surface area (Å²) in [5.41, 5.74) is 0.642. The first-order valence-corrected chi connectivity index (χ1v) is 9.85. The summed E-state index contributed by atoms with van der Waals surface area (Å²) >= 11 is 6.77. The van der Waals surface area contributed by atoms with Gasteiger partial charge < -0.3 is 0 Å². The van der Waals surface area contributed by atoms with Crippen LogP contribution in [-0.4, -0.2) is 25.3 Å². The highest BCUT2D eigenvalue weighted by Gasteiger charge is 2.33. The van der Waals surface area contributed by atoms with Crippen molar-refractivity contribution < 1.29 is 12.8 Å². The van der Waals surface area contributed by atoms with Gasteiger partial charge in [0, 0.05) is 9.80 Å². The average molecular weight is 414 g/mol. The third kappa shape index (κ3) is 4.02. The van der Waals surface area contributed by atoms with E-state index in [2.05, 4.69) is 31.9 Å². The Balaban J connectivity index is 2.13. The minimum Gasteiger partial charge on any atom is -0.229 e. The van der Waals surface area contributed by atoms with Crippen LogP contribution in [-0.2, 0) is 16.3 Å². The molecule has 0 saturated carbocycles. The number of hydrogen-bond acceptors (Lipinski definition) is 2. The maximum Gasteiger partial charge on any atom is 0.150 e. The number of hydrogen-bond donors (Lipinski definition) is 0.